The van der Waals surface area contributed by atoms with Crippen molar-refractivity contribution in [3.8, 4) is 0 Å². The highest BCUT2D eigenvalue weighted by Crippen LogP contribution is 2.38. The number of rotatable bonds is 2. The number of aliphatic hydroxyl groups excluding tert-OH is 1. The number of likely N-dealkylation sites (N-methyl/N-ethyl adjacent to an activating group) is 1. The van der Waals surface area contributed by atoms with Gasteiger partial charge in [-0.2, -0.15) is 0 Å². The van der Waals surface area contributed by atoms with Crippen LogP contribution in [0.15, 0.2) is 0 Å². The van der Waals surface area contributed by atoms with Gasteiger partial charge in [0.1, 0.15) is 0 Å². The van der Waals surface area contributed by atoms with Crippen LogP contribution >= 0.6 is 0 Å². The molecule has 2 rings (SSSR count). The van der Waals surface area contributed by atoms with E-state index in [0.717, 1.165) is 25.9 Å². The maximum Gasteiger partial charge on any atom is 0.236 e. The van der Waals surface area contributed by atoms with E-state index in [1.807, 2.05) is 6.92 Å². The molecule has 1 heterocycles. The minimum absolute atomic E-state index is 0.0622. The first-order chi connectivity index (χ1) is 7.13. The van der Waals surface area contributed by atoms with Gasteiger partial charge in [0.25, 0.3) is 0 Å². The van der Waals surface area contributed by atoms with Crippen LogP contribution in [0.5, 0.6) is 0 Å². The van der Waals surface area contributed by atoms with E-state index in [-0.39, 0.29) is 18.1 Å². The van der Waals surface area contributed by atoms with Crippen molar-refractivity contribution in [1.29, 1.82) is 0 Å². The Hall–Kier alpha value is -0.610. The van der Waals surface area contributed by atoms with Gasteiger partial charge in [-0.05, 0) is 25.7 Å². The van der Waals surface area contributed by atoms with Crippen LogP contribution in [0, 0.1) is 11.8 Å². The second kappa shape index (κ2) is 4.10. The molecular weight excluding hydrogens is 192 g/mol. The molecule has 2 aliphatic rings. The molecule has 4 unspecified atom stereocenters. The third-order valence-corrected chi connectivity index (χ3v) is 4.02. The summed E-state index contributed by atoms with van der Waals surface area (Å²) in [4.78, 5) is 13.7. The molecule has 86 valence electrons. The molecule has 0 radical (unpaired) electrons. The summed E-state index contributed by atoms with van der Waals surface area (Å²) in [6.07, 6.45) is 1.91. The van der Waals surface area contributed by atoms with E-state index in [1.165, 1.54) is 0 Å². The fourth-order valence-corrected chi connectivity index (χ4v) is 2.96. The normalized spacial score (nSPS) is 37.7. The number of nitrogens with zero attached hydrogens (tertiary/aromatic N) is 1. The summed E-state index contributed by atoms with van der Waals surface area (Å²) in [5.74, 6) is 1.08. The Kier molecular flexibility index (Phi) is 2.98. The molecule has 4 heteroatoms. The van der Waals surface area contributed by atoms with Gasteiger partial charge in [-0.25, -0.2) is 0 Å². The van der Waals surface area contributed by atoms with E-state index in [0.29, 0.717) is 11.8 Å². The van der Waals surface area contributed by atoms with Crippen molar-refractivity contribution >= 4 is 5.91 Å². The van der Waals surface area contributed by atoms with Gasteiger partial charge in [0.15, 0.2) is 0 Å². The Morgan fingerprint density at radius 3 is 2.80 bits per heavy atom. The van der Waals surface area contributed by atoms with Crippen LogP contribution in [-0.2, 0) is 4.79 Å². The molecule has 15 heavy (non-hydrogen) atoms. The fourth-order valence-electron chi connectivity index (χ4n) is 2.96. The minimum Gasteiger partial charge on any atom is -0.393 e. The van der Waals surface area contributed by atoms with Crippen molar-refractivity contribution in [2.75, 3.05) is 20.1 Å². The highest BCUT2D eigenvalue weighted by molar-refractivity contribution is 5.81. The van der Waals surface area contributed by atoms with Gasteiger partial charge in [0.2, 0.25) is 5.91 Å². The van der Waals surface area contributed by atoms with Gasteiger partial charge in [-0.1, -0.05) is 0 Å². The first-order valence-corrected chi connectivity index (χ1v) is 5.77. The third kappa shape index (κ3) is 1.88. The van der Waals surface area contributed by atoms with Crippen LogP contribution in [0.3, 0.4) is 0 Å². The minimum atomic E-state index is -0.142. The Morgan fingerprint density at radius 1 is 1.47 bits per heavy atom. The van der Waals surface area contributed by atoms with Crippen LogP contribution in [-0.4, -0.2) is 48.2 Å². The van der Waals surface area contributed by atoms with E-state index >= 15 is 0 Å². The van der Waals surface area contributed by atoms with Crippen LogP contribution in [0.4, 0.5) is 0 Å². The average molecular weight is 212 g/mol. The third-order valence-electron chi connectivity index (χ3n) is 4.02. The molecule has 1 amide bonds. The number of nitrogens with one attached hydrogen (secondary N) is 1. The first kappa shape index (κ1) is 10.9. The molecule has 0 aromatic heterocycles. The van der Waals surface area contributed by atoms with E-state index in [1.54, 1.807) is 7.05 Å². The van der Waals surface area contributed by atoms with E-state index in [4.69, 9.17) is 0 Å². The summed E-state index contributed by atoms with van der Waals surface area (Å²) < 4.78 is 0. The lowest BCUT2D eigenvalue weighted by molar-refractivity contribution is -0.125. The predicted molar refractivity (Wildman–Crippen MR) is 57.3 cm³/mol. The van der Waals surface area contributed by atoms with Crippen molar-refractivity contribution in [3.05, 3.63) is 0 Å². The Bertz CT molecular complexity index is 257. The van der Waals surface area contributed by atoms with Gasteiger partial charge in [0, 0.05) is 26.1 Å². The first-order valence-electron chi connectivity index (χ1n) is 5.77. The molecule has 1 saturated carbocycles. The molecular formula is C11H20N2O2. The van der Waals surface area contributed by atoms with E-state index in [2.05, 4.69) is 10.2 Å². The number of carbonyl (C=O) groups excluding carboxylic acids is 1. The zero-order valence-electron chi connectivity index (χ0n) is 9.44. The summed E-state index contributed by atoms with van der Waals surface area (Å²) >= 11 is 0. The zero-order chi connectivity index (χ0) is 11.0. The Labute approximate surface area is 90.6 Å². The summed E-state index contributed by atoms with van der Waals surface area (Å²) in [7, 11) is 1.67. The molecule has 1 saturated heterocycles. The smallest absolute Gasteiger partial charge is 0.236 e. The number of amides is 1. The molecule has 1 aliphatic heterocycles. The van der Waals surface area contributed by atoms with E-state index in [9.17, 15) is 9.90 Å². The molecule has 0 aromatic rings. The summed E-state index contributed by atoms with van der Waals surface area (Å²) in [6.45, 7) is 3.78. The van der Waals surface area contributed by atoms with Crippen molar-refractivity contribution in [3.63, 3.8) is 0 Å². The summed E-state index contributed by atoms with van der Waals surface area (Å²) in [5, 5.41) is 12.4. The maximum absolute atomic E-state index is 11.5. The van der Waals surface area contributed by atoms with Crippen LogP contribution < -0.4 is 5.32 Å². The quantitative estimate of drug-likeness (QED) is 0.668. The van der Waals surface area contributed by atoms with Crippen LogP contribution in [0.2, 0.25) is 0 Å². The van der Waals surface area contributed by atoms with Gasteiger partial charge in [-0.15, -0.1) is 0 Å². The van der Waals surface area contributed by atoms with Gasteiger partial charge in [0.05, 0.1) is 12.1 Å². The lowest BCUT2D eigenvalue weighted by Crippen LogP contribution is -2.43. The number of hydrogen-bond donors (Lipinski definition) is 2. The SMILES string of the molecule is CNC(=O)C(C)N1CC2CCC(O)C2C1. The van der Waals surface area contributed by atoms with Crippen molar-refractivity contribution in [2.45, 2.75) is 31.9 Å². The predicted octanol–water partition coefficient (Wildman–Crippen LogP) is -0.176. The van der Waals surface area contributed by atoms with Crippen LogP contribution in [0.25, 0.3) is 0 Å². The molecule has 0 aromatic carbocycles. The van der Waals surface area contributed by atoms with Gasteiger partial charge in [-0.3, -0.25) is 9.69 Å². The van der Waals surface area contributed by atoms with Gasteiger partial charge < -0.3 is 10.4 Å². The number of hydrogen-bond acceptors (Lipinski definition) is 3. The molecule has 4 atom stereocenters. The van der Waals surface area contributed by atoms with Crippen molar-refractivity contribution < 1.29 is 9.90 Å². The van der Waals surface area contributed by atoms with Crippen molar-refractivity contribution in [2.24, 2.45) is 11.8 Å². The topological polar surface area (TPSA) is 52.6 Å². The second-order valence-electron chi connectivity index (χ2n) is 4.81. The van der Waals surface area contributed by atoms with Crippen molar-refractivity contribution in [1.82, 2.24) is 10.2 Å². The van der Waals surface area contributed by atoms with Crippen LogP contribution in [0.1, 0.15) is 19.8 Å². The summed E-state index contributed by atoms with van der Waals surface area (Å²) in [6, 6.07) is -0.0622. The largest absolute Gasteiger partial charge is 0.393 e. The van der Waals surface area contributed by atoms with Gasteiger partial charge >= 0.3 is 0 Å². The lowest BCUT2D eigenvalue weighted by Gasteiger charge is -2.23. The highest BCUT2D eigenvalue weighted by Gasteiger charge is 2.43. The molecule has 4 nitrogen and oxygen atoms in total. The molecule has 1 aliphatic carbocycles. The Balaban J connectivity index is 1.95. The summed E-state index contributed by atoms with van der Waals surface area (Å²) in [5.41, 5.74) is 0. The Morgan fingerprint density at radius 2 is 2.20 bits per heavy atom. The molecule has 0 bridgehead atoms. The standard InChI is InChI=1S/C11H20N2O2/c1-7(11(15)12-2)13-5-8-3-4-10(14)9(8)6-13/h7-10,14H,3-6H2,1-2H3,(H,12,15). The van der Waals surface area contributed by atoms with E-state index < -0.39 is 0 Å². The molecule has 0 spiro atoms. The monoisotopic (exact) mass is 212 g/mol. The fraction of sp³-hybridized carbons (Fsp3) is 0.909. The number of carbonyl (C=O) groups is 1. The average Bonchev–Trinajstić information content (AvgIpc) is 2.79. The molecule has 2 fully saturated rings. The maximum atomic E-state index is 11.5. The highest BCUT2D eigenvalue weighted by atomic mass is 16.3. The lowest BCUT2D eigenvalue weighted by atomic mass is 10.00. The number of likely N-dealkylation sites (tertiary alicyclic amines) is 1. The molecule has 2 N–H and O–H groups in total. The number of fused-ring (bicyclic) bond motifs is 1. The zero-order valence-corrected chi connectivity index (χ0v) is 9.44. The second-order valence-corrected chi connectivity index (χ2v) is 4.81. The number of aliphatic hydroxyl groups is 1.